The van der Waals surface area contributed by atoms with Gasteiger partial charge >= 0.3 is 6.18 Å². The largest absolute Gasteiger partial charge is 0.467 e. The highest BCUT2D eigenvalue weighted by Crippen LogP contribution is 2.34. The molecule has 0 spiro atoms. The second kappa shape index (κ2) is 4.45. The number of hydrogen-bond donors (Lipinski definition) is 1. The fourth-order valence-electron chi connectivity index (χ4n) is 1.10. The topological polar surface area (TPSA) is 25.2 Å². The molecule has 0 saturated carbocycles. The fraction of sp³-hybridized carbons (Fsp3) is 0.556. The Balaban J connectivity index is 2.93. The van der Waals surface area contributed by atoms with E-state index in [0.717, 1.165) is 0 Å². The van der Waals surface area contributed by atoms with Gasteiger partial charge in [0.2, 0.25) is 0 Å². The molecule has 0 unspecified atom stereocenters. The molecule has 6 heteroatoms. The van der Waals surface area contributed by atoms with E-state index >= 15 is 0 Å². The van der Waals surface area contributed by atoms with E-state index in [1.807, 2.05) is 13.8 Å². The van der Waals surface area contributed by atoms with Crippen LogP contribution in [0.3, 0.4) is 0 Å². The van der Waals surface area contributed by atoms with Crippen molar-refractivity contribution in [2.24, 2.45) is 0 Å². The summed E-state index contributed by atoms with van der Waals surface area (Å²) in [6.45, 7) is 3.73. The molecule has 0 aromatic carbocycles. The first-order valence-electron chi connectivity index (χ1n) is 4.37. The smallest absolute Gasteiger partial charge is 0.412 e. The molecule has 1 rings (SSSR count). The SMILES string of the molecule is CC(C)c1coc([C@H](NCl)C(F)(F)F)c1. The Hall–Kier alpha value is -0.680. The number of alkyl halides is 3. The third-order valence-electron chi connectivity index (χ3n) is 2.03. The quantitative estimate of drug-likeness (QED) is 0.816. The highest BCUT2D eigenvalue weighted by Gasteiger charge is 2.42. The molecule has 1 heterocycles. The Kier molecular flexibility index (Phi) is 3.67. The van der Waals surface area contributed by atoms with Gasteiger partial charge < -0.3 is 4.42 Å². The van der Waals surface area contributed by atoms with Crippen LogP contribution in [0.25, 0.3) is 0 Å². The van der Waals surface area contributed by atoms with Gasteiger partial charge in [0.15, 0.2) is 6.04 Å². The predicted molar refractivity (Wildman–Crippen MR) is 50.6 cm³/mol. The lowest BCUT2D eigenvalue weighted by atomic mass is 10.1. The van der Waals surface area contributed by atoms with Crippen LogP contribution in [0.1, 0.15) is 37.1 Å². The molecule has 0 amide bonds. The molecular formula is C9H11ClF3NO. The van der Waals surface area contributed by atoms with Gasteiger partial charge in [-0.25, -0.2) is 4.84 Å². The summed E-state index contributed by atoms with van der Waals surface area (Å²) in [7, 11) is 0. The van der Waals surface area contributed by atoms with Gasteiger partial charge in [-0.15, -0.1) is 0 Å². The molecule has 0 bridgehead atoms. The minimum atomic E-state index is -4.46. The summed E-state index contributed by atoms with van der Waals surface area (Å²) < 4.78 is 42.1. The van der Waals surface area contributed by atoms with Crippen LogP contribution in [0.2, 0.25) is 0 Å². The summed E-state index contributed by atoms with van der Waals surface area (Å²) >= 11 is 5.05. The van der Waals surface area contributed by atoms with Crippen molar-refractivity contribution in [3.63, 3.8) is 0 Å². The monoisotopic (exact) mass is 241 g/mol. The molecule has 0 fully saturated rings. The van der Waals surface area contributed by atoms with Crippen LogP contribution < -0.4 is 4.84 Å². The number of nitrogens with one attached hydrogen (secondary N) is 1. The zero-order valence-electron chi connectivity index (χ0n) is 8.23. The summed E-state index contributed by atoms with van der Waals surface area (Å²) in [5.41, 5.74) is 0.714. The van der Waals surface area contributed by atoms with Crippen molar-refractivity contribution in [1.29, 1.82) is 0 Å². The van der Waals surface area contributed by atoms with E-state index < -0.39 is 12.2 Å². The van der Waals surface area contributed by atoms with Gasteiger partial charge in [-0.1, -0.05) is 13.8 Å². The van der Waals surface area contributed by atoms with Crippen molar-refractivity contribution in [3.05, 3.63) is 23.7 Å². The maximum atomic E-state index is 12.4. The molecule has 2 nitrogen and oxygen atoms in total. The molecule has 1 aromatic rings. The first kappa shape index (κ1) is 12.4. The van der Waals surface area contributed by atoms with Crippen LogP contribution in [0.5, 0.6) is 0 Å². The van der Waals surface area contributed by atoms with Gasteiger partial charge in [0.05, 0.1) is 6.26 Å². The standard InChI is InChI=1S/C9H11ClF3NO/c1-5(2)6-3-7(15-4-6)8(14-10)9(11,12)13/h3-5,8,14H,1-2H3/t8-/m0/s1. The van der Waals surface area contributed by atoms with Gasteiger partial charge in [-0.2, -0.15) is 13.2 Å². The zero-order chi connectivity index (χ0) is 11.6. The average Bonchev–Trinajstić information content (AvgIpc) is 2.51. The third-order valence-corrected chi connectivity index (χ3v) is 2.25. The Morgan fingerprint density at radius 1 is 1.40 bits per heavy atom. The van der Waals surface area contributed by atoms with Crippen LogP contribution >= 0.6 is 11.8 Å². The number of hydrogen-bond acceptors (Lipinski definition) is 2. The van der Waals surface area contributed by atoms with Crippen molar-refractivity contribution in [2.45, 2.75) is 32.0 Å². The highest BCUT2D eigenvalue weighted by atomic mass is 35.5. The normalized spacial score (nSPS) is 14.6. The summed E-state index contributed by atoms with van der Waals surface area (Å²) in [4.78, 5) is 1.66. The number of furan rings is 1. The maximum Gasteiger partial charge on any atom is 0.412 e. The molecule has 0 aliphatic rings. The lowest BCUT2D eigenvalue weighted by Crippen LogP contribution is -2.28. The van der Waals surface area contributed by atoms with Crippen LogP contribution in [0.4, 0.5) is 13.2 Å². The highest BCUT2D eigenvalue weighted by molar-refractivity contribution is 6.13. The molecule has 86 valence electrons. The summed E-state index contributed by atoms with van der Waals surface area (Å²) in [5, 5.41) is 0. The molecule has 0 aliphatic heterocycles. The number of rotatable bonds is 3. The molecule has 0 radical (unpaired) electrons. The van der Waals surface area contributed by atoms with E-state index in [9.17, 15) is 13.2 Å². The maximum absolute atomic E-state index is 12.4. The van der Waals surface area contributed by atoms with Crippen LogP contribution in [0, 0.1) is 0 Å². The summed E-state index contributed by atoms with van der Waals surface area (Å²) in [6, 6.07) is -0.607. The Labute approximate surface area is 90.5 Å². The minimum Gasteiger partial charge on any atom is -0.467 e. The summed E-state index contributed by atoms with van der Waals surface area (Å²) in [5.74, 6) is -0.104. The van der Waals surface area contributed by atoms with Crippen molar-refractivity contribution in [3.8, 4) is 0 Å². The van der Waals surface area contributed by atoms with Crippen molar-refractivity contribution >= 4 is 11.8 Å². The lowest BCUT2D eigenvalue weighted by molar-refractivity contribution is -0.156. The van der Waals surface area contributed by atoms with E-state index in [1.165, 1.54) is 12.3 Å². The van der Waals surface area contributed by atoms with Gasteiger partial charge in [-0.3, -0.25) is 0 Å². The van der Waals surface area contributed by atoms with Crippen LogP contribution in [-0.2, 0) is 0 Å². The molecule has 1 aromatic heterocycles. The zero-order valence-corrected chi connectivity index (χ0v) is 8.99. The van der Waals surface area contributed by atoms with Crippen molar-refractivity contribution in [1.82, 2.24) is 4.84 Å². The molecule has 0 saturated heterocycles. The van der Waals surface area contributed by atoms with Gasteiger partial charge in [-0.05, 0) is 29.3 Å². The molecule has 1 N–H and O–H groups in total. The van der Waals surface area contributed by atoms with E-state index in [-0.39, 0.29) is 11.7 Å². The third kappa shape index (κ3) is 2.89. The van der Waals surface area contributed by atoms with Gasteiger partial charge in [0.1, 0.15) is 5.76 Å². The second-order valence-electron chi connectivity index (χ2n) is 3.52. The molecule has 1 atom stereocenters. The Bertz CT molecular complexity index is 321. The first-order chi connectivity index (χ1) is 6.86. The second-order valence-corrected chi connectivity index (χ2v) is 3.74. The first-order valence-corrected chi connectivity index (χ1v) is 4.75. The van der Waals surface area contributed by atoms with Crippen LogP contribution in [0.15, 0.2) is 16.7 Å². The average molecular weight is 242 g/mol. The predicted octanol–water partition coefficient (Wildman–Crippen LogP) is 3.75. The molecular weight excluding hydrogens is 231 g/mol. The summed E-state index contributed by atoms with van der Waals surface area (Å²) in [6.07, 6.45) is -3.15. The van der Waals surface area contributed by atoms with E-state index in [1.54, 1.807) is 4.84 Å². The van der Waals surface area contributed by atoms with Gasteiger partial charge in [0.25, 0.3) is 0 Å². The Morgan fingerprint density at radius 2 is 2.00 bits per heavy atom. The Morgan fingerprint density at radius 3 is 2.33 bits per heavy atom. The van der Waals surface area contributed by atoms with Crippen molar-refractivity contribution < 1.29 is 17.6 Å². The van der Waals surface area contributed by atoms with E-state index in [4.69, 9.17) is 16.2 Å². The number of halogens is 4. The van der Waals surface area contributed by atoms with Crippen molar-refractivity contribution in [2.75, 3.05) is 0 Å². The van der Waals surface area contributed by atoms with Gasteiger partial charge in [0, 0.05) is 0 Å². The molecule has 15 heavy (non-hydrogen) atoms. The lowest BCUT2D eigenvalue weighted by Gasteiger charge is -2.15. The van der Waals surface area contributed by atoms with E-state index in [0.29, 0.717) is 5.56 Å². The van der Waals surface area contributed by atoms with Crippen LogP contribution in [-0.4, -0.2) is 6.18 Å². The minimum absolute atomic E-state index is 0.117. The fourth-order valence-corrected chi connectivity index (χ4v) is 1.33. The molecule has 0 aliphatic carbocycles. The van der Waals surface area contributed by atoms with E-state index in [2.05, 4.69) is 0 Å².